The molecule has 2 heterocycles. The summed E-state index contributed by atoms with van der Waals surface area (Å²) in [5.41, 5.74) is 1.35. The van der Waals surface area contributed by atoms with Crippen LogP contribution in [0.3, 0.4) is 0 Å². The standard InChI is InChI=1S/C14H12Cl2N4OS/c1-19-12-8(6-17-13(18-12)22-2)7-20(14(19)21)11-9(15)4-3-5-10(11)16/h3-6H,7H2,1-2H3. The van der Waals surface area contributed by atoms with Crippen molar-refractivity contribution in [3.05, 3.63) is 40.0 Å². The van der Waals surface area contributed by atoms with Crippen LogP contribution in [0.4, 0.5) is 16.3 Å². The van der Waals surface area contributed by atoms with Gasteiger partial charge in [-0.05, 0) is 18.4 Å². The molecule has 0 radical (unpaired) electrons. The maximum absolute atomic E-state index is 12.7. The van der Waals surface area contributed by atoms with Gasteiger partial charge in [0.15, 0.2) is 5.16 Å². The van der Waals surface area contributed by atoms with Gasteiger partial charge in [-0.15, -0.1) is 0 Å². The molecule has 1 aliphatic rings. The van der Waals surface area contributed by atoms with Gasteiger partial charge in [-0.1, -0.05) is 41.0 Å². The maximum Gasteiger partial charge on any atom is 0.330 e. The highest BCUT2D eigenvalue weighted by Crippen LogP contribution is 2.38. The molecule has 114 valence electrons. The molecule has 0 atom stereocenters. The fourth-order valence-corrected chi connectivity index (χ4v) is 3.25. The summed E-state index contributed by atoms with van der Waals surface area (Å²) in [7, 11) is 1.68. The number of anilines is 2. The van der Waals surface area contributed by atoms with E-state index in [1.807, 2.05) is 6.26 Å². The van der Waals surface area contributed by atoms with Crippen LogP contribution < -0.4 is 9.80 Å². The van der Waals surface area contributed by atoms with Gasteiger partial charge < -0.3 is 0 Å². The van der Waals surface area contributed by atoms with E-state index in [2.05, 4.69) is 9.97 Å². The van der Waals surface area contributed by atoms with Crippen LogP contribution in [-0.4, -0.2) is 29.3 Å². The molecule has 0 saturated carbocycles. The molecule has 8 heteroatoms. The van der Waals surface area contributed by atoms with Gasteiger partial charge in [0.1, 0.15) is 5.82 Å². The molecular weight excluding hydrogens is 343 g/mol. The predicted octanol–water partition coefficient (Wildman–Crippen LogP) is 4.08. The average Bonchev–Trinajstić information content (AvgIpc) is 2.51. The molecule has 3 rings (SSSR count). The third kappa shape index (κ3) is 2.51. The molecule has 0 spiro atoms. The number of urea groups is 1. The minimum atomic E-state index is -0.228. The zero-order chi connectivity index (χ0) is 15.9. The second-order valence-corrected chi connectivity index (χ2v) is 6.29. The lowest BCUT2D eigenvalue weighted by molar-refractivity contribution is 0.251. The first-order valence-corrected chi connectivity index (χ1v) is 8.40. The van der Waals surface area contributed by atoms with Crippen molar-refractivity contribution in [2.45, 2.75) is 11.7 Å². The van der Waals surface area contributed by atoms with Crippen molar-refractivity contribution in [2.75, 3.05) is 23.1 Å². The molecule has 22 heavy (non-hydrogen) atoms. The number of benzene rings is 1. The van der Waals surface area contributed by atoms with Crippen molar-refractivity contribution in [1.29, 1.82) is 0 Å². The predicted molar refractivity (Wildman–Crippen MR) is 90.3 cm³/mol. The number of rotatable bonds is 2. The number of para-hydroxylation sites is 1. The first kappa shape index (κ1) is 15.4. The monoisotopic (exact) mass is 354 g/mol. The molecule has 5 nitrogen and oxygen atoms in total. The smallest absolute Gasteiger partial charge is 0.286 e. The van der Waals surface area contributed by atoms with E-state index >= 15 is 0 Å². The molecule has 0 unspecified atom stereocenters. The first-order chi connectivity index (χ1) is 10.5. The minimum Gasteiger partial charge on any atom is -0.286 e. The van der Waals surface area contributed by atoms with Gasteiger partial charge in [-0.25, -0.2) is 14.8 Å². The summed E-state index contributed by atoms with van der Waals surface area (Å²) in [6.45, 7) is 0.330. The fraction of sp³-hybridized carbons (Fsp3) is 0.214. The van der Waals surface area contributed by atoms with Gasteiger partial charge in [0, 0.05) is 18.8 Å². The number of aromatic nitrogens is 2. The molecule has 2 aromatic rings. The maximum atomic E-state index is 12.7. The summed E-state index contributed by atoms with van der Waals surface area (Å²) in [5, 5.41) is 1.49. The summed E-state index contributed by atoms with van der Waals surface area (Å²) in [5.74, 6) is 0.615. The zero-order valence-corrected chi connectivity index (χ0v) is 14.2. The highest BCUT2D eigenvalue weighted by Gasteiger charge is 2.32. The van der Waals surface area contributed by atoms with Gasteiger partial charge in [0.25, 0.3) is 0 Å². The molecule has 2 amide bonds. The third-order valence-corrected chi connectivity index (χ3v) is 4.55. The Kier molecular flexibility index (Phi) is 4.16. The number of carbonyl (C=O) groups excluding carboxylic acids is 1. The number of hydrogen-bond donors (Lipinski definition) is 0. The Morgan fingerprint density at radius 3 is 2.59 bits per heavy atom. The lowest BCUT2D eigenvalue weighted by Crippen LogP contribution is -2.46. The van der Waals surface area contributed by atoms with Crippen molar-refractivity contribution < 1.29 is 4.79 Å². The van der Waals surface area contributed by atoms with Gasteiger partial charge in [0.2, 0.25) is 0 Å². The van der Waals surface area contributed by atoms with Crippen molar-refractivity contribution in [3.63, 3.8) is 0 Å². The SMILES string of the molecule is CSc1ncc2c(n1)N(C)C(=O)N(c1c(Cl)cccc1Cl)C2. The Labute approximate surface area is 142 Å². The molecular formula is C14H12Cl2N4OS. The van der Waals surface area contributed by atoms with Crippen LogP contribution in [-0.2, 0) is 6.54 Å². The summed E-state index contributed by atoms with van der Waals surface area (Å²) < 4.78 is 0. The van der Waals surface area contributed by atoms with Gasteiger partial charge in [-0.3, -0.25) is 9.80 Å². The molecule has 0 fully saturated rings. The van der Waals surface area contributed by atoms with Gasteiger partial charge in [0.05, 0.1) is 22.3 Å². The van der Waals surface area contributed by atoms with E-state index in [0.717, 1.165) is 5.56 Å². The quantitative estimate of drug-likeness (QED) is 0.602. The van der Waals surface area contributed by atoms with Crippen molar-refractivity contribution in [2.24, 2.45) is 0 Å². The number of nitrogens with zero attached hydrogens (tertiary/aromatic N) is 4. The number of thioether (sulfide) groups is 1. The zero-order valence-electron chi connectivity index (χ0n) is 11.9. The first-order valence-electron chi connectivity index (χ1n) is 6.42. The molecule has 0 saturated heterocycles. The number of fused-ring (bicyclic) bond motifs is 1. The highest BCUT2D eigenvalue weighted by atomic mass is 35.5. The number of carbonyl (C=O) groups is 1. The van der Waals surface area contributed by atoms with Crippen LogP contribution in [0.25, 0.3) is 0 Å². The van der Waals surface area contributed by atoms with E-state index < -0.39 is 0 Å². The Morgan fingerprint density at radius 1 is 1.27 bits per heavy atom. The summed E-state index contributed by atoms with van der Waals surface area (Å²) in [6, 6.07) is 4.93. The number of amides is 2. The fourth-order valence-electron chi connectivity index (χ4n) is 2.31. The van der Waals surface area contributed by atoms with Crippen LogP contribution in [0.2, 0.25) is 10.0 Å². The lowest BCUT2D eigenvalue weighted by Gasteiger charge is -2.34. The van der Waals surface area contributed by atoms with Crippen molar-refractivity contribution in [1.82, 2.24) is 9.97 Å². The molecule has 0 bridgehead atoms. The van der Waals surface area contributed by atoms with E-state index in [1.54, 1.807) is 31.4 Å². The van der Waals surface area contributed by atoms with Crippen LogP contribution in [0, 0.1) is 0 Å². The largest absolute Gasteiger partial charge is 0.330 e. The topological polar surface area (TPSA) is 49.3 Å². The third-order valence-electron chi connectivity index (χ3n) is 3.37. The van der Waals surface area contributed by atoms with E-state index in [9.17, 15) is 4.79 Å². The molecule has 1 aromatic carbocycles. The number of halogens is 2. The Morgan fingerprint density at radius 2 is 1.95 bits per heavy atom. The van der Waals surface area contributed by atoms with Gasteiger partial charge >= 0.3 is 6.03 Å². The van der Waals surface area contributed by atoms with Gasteiger partial charge in [-0.2, -0.15) is 0 Å². The Hall–Kier alpha value is -1.50. The number of hydrogen-bond acceptors (Lipinski definition) is 4. The van der Waals surface area contributed by atoms with Crippen LogP contribution in [0.1, 0.15) is 5.56 Å². The normalized spacial score (nSPS) is 14.3. The Balaban J connectivity index is 2.08. The second kappa shape index (κ2) is 5.95. The lowest BCUT2D eigenvalue weighted by atomic mass is 10.2. The summed E-state index contributed by atoms with van der Waals surface area (Å²) in [6.07, 6.45) is 3.62. The van der Waals surface area contributed by atoms with Crippen LogP contribution >= 0.6 is 35.0 Å². The van der Waals surface area contributed by atoms with Crippen LogP contribution in [0.15, 0.2) is 29.6 Å². The van der Waals surface area contributed by atoms with E-state index in [0.29, 0.717) is 33.3 Å². The summed E-state index contributed by atoms with van der Waals surface area (Å²) >= 11 is 13.9. The highest BCUT2D eigenvalue weighted by molar-refractivity contribution is 7.98. The van der Waals surface area contributed by atoms with Crippen LogP contribution in [0.5, 0.6) is 0 Å². The van der Waals surface area contributed by atoms with E-state index in [-0.39, 0.29) is 6.03 Å². The van der Waals surface area contributed by atoms with E-state index in [4.69, 9.17) is 23.2 Å². The van der Waals surface area contributed by atoms with Crippen molar-refractivity contribution >= 4 is 52.5 Å². The molecule has 0 aliphatic carbocycles. The van der Waals surface area contributed by atoms with E-state index in [1.165, 1.54) is 21.6 Å². The molecule has 1 aliphatic heterocycles. The van der Waals surface area contributed by atoms with Crippen molar-refractivity contribution in [3.8, 4) is 0 Å². The minimum absolute atomic E-state index is 0.228. The second-order valence-electron chi connectivity index (χ2n) is 4.70. The Bertz CT molecular complexity index is 735. The average molecular weight is 355 g/mol. The molecule has 0 N–H and O–H groups in total. The molecule has 1 aromatic heterocycles. The summed E-state index contributed by atoms with van der Waals surface area (Å²) in [4.78, 5) is 24.3.